The summed E-state index contributed by atoms with van der Waals surface area (Å²) in [6, 6.07) is 9.24. The summed E-state index contributed by atoms with van der Waals surface area (Å²) in [5.41, 5.74) is 7.75. The van der Waals surface area contributed by atoms with E-state index in [1.165, 1.54) is 0 Å². The molecule has 0 aliphatic heterocycles. The number of hydrogen-bond acceptors (Lipinski definition) is 2. The lowest BCUT2D eigenvalue weighted by Crippen LogP contribution is -1.97. The second kappa shape index (κ2) is 4.20. The van der Waals surface area contributed by atoms with E-state index in [4.69, 9.17) is 10.8 Å². The first-order valence-electron chi connectivity index (χ1n) is 4.91. The Morgan fingerprint density at radius 1 is 1.25 bits per heavy atom. The fourth-order valence-corrected chi connectivity index (χ4v) is 1.49. The molecule has 1 heterocycles. The minimum absolute atomic E-state index is 0.280. The maximum atomic E-state index is 10.7. The Balaban J connectivity index is 2.31. The van der Waals surface area contributed by atoms with Gasteiger partial charge >= 0.3 is 5.97 Å². The summed E-state index contributed by atoms with van der Waals surface area (Å²) in [6.07, 6.45) is 3.31. The molecule has 0 radical (unpaired) electrons. The zero-order chi connectivity index (χ0) is 11.5. The lowest BCUT2D eigenvalue weighted by atomic mass is 10.2. The van der Waals surface area contributed by atoms with E-state index in [2.05, 4.69) is 0 Å². The van der Waals surface area contributed by atoms with Gasteiger partial charge in [0.15, 0.2) is 0 Å². The molecule has 0 saturated heterocycles. The average molecular weight is 216 g/mol. The predicted octanol–water partition coefficient (Wildman–Crippen LogP) is 1.63. The molecule has 4 heteroatoms. The number of aromatic nitrogens is 1. The SMILES string of the molecule is NCc1ccc(-n2ccc(C(=O)O)c2)cc1. The van der Waals surface area contributed by atoms with Gasteiger partial charge in [-0.05, 0) is 23.8 Å². The number of nitrogens with two attached hydrogens (primary N) is 1. The predicted molar refractivity (Wildman–Crippen MR) is 60.6 cm³/mol. The molecule has 2 rings (SSSR count). The van der Waals surface area contributed by atoms with Crippen molar-refractivity contribution in [1.82, 2.24) is 4.57 Å². The summed E-state index contributed by atoms with van der Waals surface area (Å²) in [5, 5.41) is 8.80. The van der Waals surface area contributed by atoms with Crippen molar-refractivity contribution in [2.75, 3.05) is 0 Å². The number of carboxylic acid groups (broad SMARTS) is 1. The lowest BCUT2D eigenvalue weighted by Gasteiger charge is -2.03. The Morgan fingerprint density at radius 3 is 2.44 bits per heavy atom. The van der Waals surface area contributed by atoms with Gasteiger partial charge in [-0.15, -0.1) is 0 Å². The van der Waals surface area contributed by atoms with Gasteiger partial charge in [-0.2, -0.15) is 0 Å². The van der Waals surface area contributed by atoms with Crippen LogP contribution in [0.25, 0.3) is 5.69 Å². The van der Waals surface area contributed by atoms with Crippen LogP contribution in [0.3, 0.4) is 0 Å². The molecule has 0 aliphatic rings. The van der Waals surface area contributed by atoms with Crippen LogP contribution in [0.1, 0.15) is 15.9 Å². The van der Waals surface area contributed by atoms with Gasteiger partial charge in [-0.25, -0.2) is 4.79 Å². The molecule has 0 spiro atoms. The monoisotopic (exact) mass is 216 g/mol. The van der Waals surface area contributed by atoms with Crippen molar-refractivity contribution in [3.05, 3.63) is 53.9 Å². The Kier molecular flexibility index (Phi) is 2.74. The molecule has 0 saturated carbocycles. The molecule has 0 bridgehead atoms. The summed E-state index contributed by atoms with van der Waals surface area (Å²) in [7, 11) is 0. The van der Waals surface area contributed by atoms with E-state index >= 15 is 0 Å². The van der Waals surface area contributed by atoms with Crippen molar-refractivity contribution in [2.24, 2.45) is 5.73 Å². The van der Waals surface area contributed by atoms with E-state index in [9.17, 15) is 4.79 Å². The third-order valence-electron chi connectivity index (χ3n) is 2.41. The maximum Gasteiger partial charge on any atom is 0.337 e. The molecule has 1 aromatic carbocycles. The Bertz CT molecular complexity index is 500. The highest BCUT2D eigenvalue weighted by molar-refractivity contribution is 5.87. The van der Waals surface area contributed by atoms with E-state index < -0.39 is 5.97 Å². The molecular weight excluding hydrogens is 204 g/mol. The molecule has 82 valence electrons. The first-order chi connectivity index (χ1) is 7.70. The number of benzene rings is 1. The van der Waals surface area contributed by atoms with Crippen LogP contribution in [0.5, 0.6) is 0 Å². The Labute approximate surface area is 92.9 Å². The molecule has 16 heavy (non-hydrogen) atoms. The first kappa shape index (κ1) is 10.4. The van der Waals surface area contributed by atoms with Crippen molar-refractivity contribution in [3.63, 3.8) is 0 Å². The Hall–Kier alpha value is -2.07. The van der Waals surface area contributed by atoms with Crippen molar-refractivity contribution in [3.8, 4) is 5.69 Å². The summed E-state index contributed by atoms with van der Waals surface area (Å²) >= 11 is 0. The minimum atomic E-state index is -0.919. The molecule has 0 atom stereocenters. The van der Waals surface area contributed by atoms with E-state index in [-0.39, 0.29) is 5.56 Å². The second-order valence-electron chi connectivity index (χ2n) is 3.48. The number of nitrogens with zero attached hydrogens (tertiary/aromatic N) is 1. The Morgan fingerprint density at radius 2 is 1.94 bits per heavy atom. The molecular formula is C12H12N2O2. The van der Waals surface area contributed by atoms with Crippen LogP contribution in [-0.2, 0) is 6.54 Å². The van der Waals surface area contributed by atoms with Crippen LogP contribution in [0.2, 0.25) is 0 Å². The number of rotatable bonds is 3. The van der Waals surface area contributed by atoms with Gasteiger partial charge in [0.25, 0.3) is 0 Å². The van der Waals surface area contributed by atoms with Crippen molar-refractivity contribution in [2.45, 2.75) is 6.54 Å². The molecule has 0 fully saturated rings. The molecule has 4 nitrogen and oxygen atoms in total. The summed E-state index contributed by atoms with van der Waals surface area (Å²) < 4.78 is 1.77. The standard InChI is InChI=1S/C12H12N2O2/c13-7-9-1-3-11(4-2-9)14-6-5-10(8-14)12(15)16/h1-6,8H,7,13H2,(H,15,16). The highest BCUT2D eigenvalue weighted by atomic mass is 16.4. The third-order valence-corrected chi connectivity index (χ3v) is 2.41. The van der Waals surface area contributed by atoms with Gasteiger partial charge in [0, 0.05) is 24.6 Å². The molecule has 2 aromatic rings. The van der Waals surface area contributed by atoms with E-state index in [0.29, 0.717) is 6.54 Å². The third kappa shape index (κ3) is 1.97. The minimum Gasteiger partial charge on any atom is -0.478 e. The number of carbonyl (C=O) groups is 1. The van der Waals surface area contributed by atoms with Gasteiger partial charge in [0.05, 0.1) is 5.56 Å². The smallest absolute Gasteiger partial charge is 0.337 e. The second-order valence-corrected chi connectivity index (χ2v) is 3.48. The van der Waals surface area contributed by atoms with E-state index in [0.717, 1.165) is 11.3 Å². The zero-order valence-corrected chi connectivity index (χ0v) is 8.63. The van der Waals surface area contributed by atoms with Crippen molar-refractivity contribution < 1.29 is 9.90 Å². The van der Waals surface area contributed by atoms with Crippen LogP contribution in [-0.4, -0.2) is 15.6 Å². The largest absolute Gasteiger partial charge is 0.478 e. The van der Waals surface area contributed by atoms with Crippen LogP contribution in [0, 0.1) is 0 Å². The quantitative estimate of drug-likeness (QED) is 0.819. The normalized spacial score (nSPS) is 10.3. The molecule has 3 N–H and O–H groups in total. The number of carboxylic acids is 1. The topological polar surface area (TPSA) is 68.2 Å². The van der Waals surface area contributed by atoms with Gasteiger partial charge in [0.2, 0.25) is 0 Å². The highest BCUT2D eigenvalue weighted by Crippen LogP contribution is 2.12. The summed E-state index contributed by atoms with van der Waals surface area (Å²) in [6.45, 7) is 0.506. The van der Waals surface area contributed by atoms with Crippen molar-refractivity contribution >= 4 is 5.97 Å². The summed E-state index contributed by atoms with van der Waals surface area (Å²) in [4.78, 5) is 10.7. The lowest BCUT2D eigenvalue weighted by molar-refractivity contribution is 0.0697. The van der Waals surface area contributed by atoms with Crippen molar-refractivity contribution in [1.29, 1.82) is 0 Å². The molecule has 0 aliphatic carbocycles. The molecule has 0 amide bonds. The van der Waals surface area contributed by atoms with Gasteiger partial charge < -0.3 is 15.4 Å². The van der Waals surface area contributed by atoms with Gasteiger partial charge in [-0.1, -0.05) is 12.1 Å². The fourth-order valence-electron chi connectivity index (χ4n) is 1.49. The average Bonchev–Trinajstić information content (AvgIpc) is 2.78. The zero-order valence-electron chi connectivity index (χ0n) is 8.63. The van der Waals surface area contributed by atoms with E-state index in [1.54, 1.807) is 23.0 Å². The van der Waals surface area contributed by atoms with Gasteiger partial charge in [0.1, 0.15) is 0 Å². The fraction of sp³-hybridized carbons (Fsp3) is 0.0833. The number of hydrogen-bond donors (Lipinski definition) is 2. The van der Waals surface area contributed by atoms with E-state index in [1.807, 2.05) is 24.3 Å². The summed E-state index contributed by atoms with van der Waals surface area (Å²) in [5.74, 6) is -0.919. The van der Waals surface area contributed by atoms with Crippen LogP contribution < -0.4 is 5.73 Å². The van der Waals surface area contributed by atoms with Gasteiger partial charge in [-0.3, -0.25) is 0 Å². The van der Waals surface area contributed by atoms with Crippen LogP contribution in [0.4, 0.5) is 0 Å². The molecule has 0 unspecified atom stereocenters. The van der Waals surface area contributed by atoms with Crippen LogP contribution >= 0.6 is 0 Å². The highest BCUT2D eigenvalue weighted by Gasteiger charge is 2.05. The van der Waals surface area contributed by atoms with Crippen LogP contribution in [0.15, 0.2) is 42.7 Å². The number of aromatic carboxylic acids is 1. The first-order valence-corrected chi connectivity index (χ1v) is 4.91. The maximum absolute atomic E-state index is 10.7. The molecule has 1 aromatic heterocycles.